The van der Waals surface area contributed by atoms with Gasteiger partial charge >= 0.3 is 0 Å². The Kier molecular flexibility index (Phi) is 3.90. The van der Waals surface area contributed by atoms with Crippen molar-refractivity contribution in [2.45, 2.75) is 38.6 Å². The zero-order valence-corrected chi connectivity index (χ0v) is 11.2. The molecule has 1 N–H and O–H groups in total. The van der Waals surface area contributed by atoms with E-state index >= 15 is 0 Å². The van der Waals surface area contributed by atoms with Gasteiger partial charge in [0.25, 0.3) is 0 Å². The number of ether oxygens (including phenoxy) is 1. The molecule has 1 saturated carbocycles. The molecule has 1 heterocycles. The Morgan fingerprint density at radius 3 is 2.78 bits per heavy atom. The van der Waals surface area contributed by atoms with Crippen molar-refractivity contribution in [2.24, 2.45) is 5.92 Å². The lowest BCUT2D eigenvalue weighted by molar-refractivity contribution is -0.154. The van der Waals surface area contributed by atoms with Gasteiger partial charge in [-0.3, -0.25) is 9.59 Å². The third-order valence-electron chi connectivity index (χ3n) is 3.97. The van der Waals surface area contributed by atoms with Gasteiger partial charge in [0.1, 0.15) is 5.54 Å². The number of nitrogens with one attached hydrogen (secondary N) is 1. The van der Waals surface area contributed by atoms with Crippen LogP contribution in [0, 0.1) is 5.92 Å². The van der Waals surface area contributed by atoms with Gasteiger partial charge in [0, 0.05) is 19.8 Å². The van der Waals surface area contributed by atoms with Gasteiger partial charge in [0.05, 0.1) is 6.54 Å². The van der Waals surface area contributed by atoms with Crippen LogP contribution in [-0.2, 0) is 14.3 Å². The van der Waals surface area contributed by atoms with E-state index < -0.39 is 5.54 Å². The molecule has 1 atom stereocenters. The zero-order valence-electron chi connectivity index (χ0n) is 11.2. The predicted octanol–water partition coefficient (Wildman–Crippen LogP) is 0.540. The van der Waals surface area contributed by atoms with Crippen LogP contribution in [0.2, 0.25) is 0 Å². The molecule has 0 aromatic rings. The average Bonchev–Trinajstić information content (AvgIpc) is 3.17. The molecule has 1 unspecified atom stereocenters. The van der Waals surface area contributed by atoms with Gasteiger partial charge in [-0.1, -0.05) is 0 Å². The van der Waals surface area contributed by atoms with Crippen LogP contribution in [0.15, 0.2) is 0 Å². The van der Waals surface area contributed by atoms with Crippen molar-refractivity contribution in [1.29, 1.82) is 0 Å². The molecule has 102 valence electrons. The van der Waals surface area contributed by atoms with Crippen molar-refractivity contribution in [3.05, 3.63) is 0 Å². The molecule has 1 aliphatic carbocycles. The highest BCUT2D eigenvalue weighted by Gasteiger charge is 2.54. The number of piperazine rings is 1. The molecular weight excluding hydrogens is 232 g/mol. The number of carbonyl (C=O) groups is 2. The molecule has 5 heteroatoms. The summed E-state index contributed by atoms with van der Waals surface area (Å²) >= 11 is 0. The summed E-state index contributed by atoms with van der Waals surface area (Å²) in [5.41, 5.74) is -0.637. The maximum atomic E-state index is 12.1. The van der Waals surface area contributed by atoms with Crippen LogP contribution < -0.4 is 5.32 Å². The number of hydrogen-bond donors (Lipinski definition) is 1. The van der Waals surface area contributed by atoms with Crippen LogP contribution in [0.3, 0.4) is 0 Å². The fourth-order valence-corrected chi connectivity index (χ4v) is 2.69. The van der Waals surface area contributed by atoms with E-state index in [2.05, 4.69) is 5.32 Å². The summed E-state index contributed by atoms with van der Waals surface area (Å²) in [6.45, 7) is 5.93. The summed E-state index contributed by atoms with van der Waals surface area (Å²) in [6.07, 6.45) is 2.87. The standard InChI is InChI=1S/C13H22N2O3/c1-3-18-8-4-7-15-11(16)9-14-12(17)13(15,2)10-5-6-10/h10H,3-9H2,1-2H3,(H,14,17). The van der Waals surface area contributed by atoms with Crippen molar-refractivity contribution >= 4 is 11.8 Å². The maximum Gasteiger partial charge on any atom is 0.246 e. The summed E-state index contributed by atoms with van der Waals surface area (Å²) in [7, 11) is 0. The molecule has 0 radical (unpaired) electrons. The van der Waals surface area contributed by atoms with E-state index in [9.17, 15) is 9.59 Å². The second-order valence-electron chi connectivity index (χ2n) is 5.20. The Morgan fingerprint density at radius 1 is 1.44 bits per heavy atom. The Hall–Kier alpha value is -1.10. The first-order valence-corrected chi connectivity index (χ1v) is 6.77. The smallest absolute Gasteiger partial charge is 0.246 e. The van der Waals surface area contributed by atoms with E-state index in [0.717, 1.165) is 19.3 Å². The van der Waals surface area contributed by atoms with Crippen molar-refractivity contribution < 1.29 is 14.3 Å². The minimum absolute atomic E-state index is 0.000935. The molecule has 0 bridgehead atoms. The fraction of sp³-hybridized carbons (Fsp3) is 0.846. The van der Waals surface area contributed by atoms with Crippen LogP contribution in [0.25, 0.3) is 0 Å². The minimum atomic E-state index is -0.637. The fourth-order valence-electron chi connectivity index (χ4n) is 2.69. The van der Waals surface area contributed by atoms with Crippen molar-refractivity contribution in [3.8, 4) is 0 Å². The van der Waals surface area contributed by atoms with Crippen LogP contribution in [-0.4, -0.2) is 48.6 Å². The highest BCUT2D eigenvalue weighted by atomic mass is 16.5. The summed E-state index contributed by atoms with van der Waals surface area (Å²) in [4.78, 5) is 25.9. The van der Waals surface area contributed by atoms with Crippen molar-refractivity contribution in [2.75, 3.05) is 26.3 Å². The van der Waals surface area contributed by atoms with Gasteiger partial charge in [0.15, 0.2) is 0 Å². The van der Waals surface area contributed by atoms with Crippen LogP contribution in [0.5, 0.6) is 0 Å². The topological polar surface area (TPSA) is 58.6 Å². The third-order valence-corrected chi connectivity index (χ3v) is 3.97. The van der Waals surface area contributed by atoms with Gasteiger partial charge < -0.3 is 15.0 Å². The Bertz CT molecular complexity index is 341. The number of carbonyl (C=O) groups excluding carboxylic acids is 2. The van der Waals surface area contributed by atoms with E-state index in [4.69, 9.17) is 4.74 Å². The van der Waals surface area contributed by atoms with E-state index in [-0.39, 0.29) is 18.4 Å². The molecule has 2 amide bonds. The number of hydrogen-bond acceptors (Lipinski definition) is 3. The molecule has 1 aliphatic heterocycles. The number of nitrogens with zero attached hydrogens (tertiary/aromatic N) is 1. The molecule has 2 rings (SSSR count). The summed E-state index contributed by atoms with van der Waals surface area (Å²) in [6, 6.07) is 0. The van der Waals surface area contributed by atoms with Gasteiger partial charge in [-0.2, -0.15) is 0 Å². The second-order valence-corrected chi connectivity index (χ2v) is 5.20. The number of rotatable bonds is 6. The van der Waals surface area contributed by atoms with Crippen molar-refractivity contribution in [3.63, 3.8) is 0 Å². The molecule has 1 saturated heterocycles. The van der Waals surface area contributed by atoms with Crippen molar-refractivity contribution in [1.82, 2.24) is 10.2 Å². The summed E-state index contributed by atoms with van der Waals surface area (Å²) in [5.74, 6) is 0.357. The third kappa shape index (κ3) is 2.36. The Morgan fingerprint density at radius 2 is 2.17 bits per heavy atom. The highest BCUT2D eigenvalue weighted by molar-refractivity contribution is 5.98. The first-order valence-electron chi connectivity index (χ1n) is 6.77. The van der Waals surface area contributed by atoms with E-state index in [1.165, 1.54) is 0 Å². The quantitative estimate of drug-likeness (QED) is 0.704. The van der Waals surface area contributed by atoms with Gasteiger partial charge in [-0.15, -0.1) is 0 Å². The monoisotopic (exact) mass is 254 g/mol. The lowest BCUT2D eigenvalue weighted by Gasteiger charge is -2.44. The molecule has 0 aromatic carbocycles. The van der Waals surface area contributed by atoms with Crippen LogP contribution >= 0.6 is 0 Å². The minimum Gasteiger partial charge on any atom is -0.382 e. The van der Waals surface area contributed by atoms with E-state index in [0.29, 0.717) is 25.7 Å². The zero-order chi connectivity index (χ0) is 13.2. The normalized spacial score (nSPS) is 28.4. The first-order chi connectivity index (χ1) is 8.60. The average molecular weight is 254 g/mol. The SMILES string of the molecule is CCOCCCN1C(=O)CNC(=O)C1(C)C1CC1. The molecule has 0 spiro atoms. The molecular formula is C13H22N2O3. The maximum absolute atomic E-state index is 12.1. The van der Waals surface area contributed by atoms with Gasteiger partial charge in [-0.05, 0) is 39.0 Å². The second kappa shape index (κ2) is 5.26. The number of amides is 2. The molecule has 0 aromatic heterocycles. The lowest BCUT2D eigenvalue weighted by Crippen LogP contribution is -2.67. The van der Waals surface area contributed by atoms with Crippen LogP contribution in [0.4, 0.5) is 0 Å². The van der Waals surface area contributed by atoms with Crippen LogP contribution in [0.1, 0.15) is 33.1 Å². The molecule has 2 fully saturated rings. The van der Waals surface area contributed by atoms with E-state index in [1.54, 1.807) is 4.90 Å². The van der Waals surface area contributed by atoms with Gasteiger partial charge in [-0.25, -0.2) is 0 Å². The molecule has 2 aliphatic rings. The van der Waals surface area contributed by atoms with Gasteiger partial charge in [0.2, 0.25) is 11.8 Å². The molecule has 18 heavy (non-hydrogen) atoms. The Balaban J connectivity index is 2.02. The summed E-state index contributed by atoms with van der Waals surface area (Å²) < 4.78 is 5.29. The Labute approximate surface area is 108 Å². The van der Waals surface area contributed by atoms with E-state index in [1.807, 2.05) is 13.8 Å². The predicted molar refractivity (Wildman–Crippen MR) is 67.0 cm³/mol. The highest BCUT2D eigenvalue weighted by Crippen LogP contribution is 2.44. The lowest BCUT2D eigenvalue weighted by atomic mass is 9.89. The first kappa shape index (κ1) is 13.3. The molecule has 5 nitrogen and oxygen atoms in total. The summed E-state index contributed by atoms with van der Waals surface area (Å²) in [5, 5.41) is 2.71. The largest absolute Gasteiger partial charge is 0.382 e.